The van der Waals surface area contributed by atoms with Crippen LogP contribution in [0, 0.1) is 5.92 Å². The number of aromatic nitrogens is 1. The largest absolute Gasteiger partial charge is 0.436 e. The van der Waals surface area contributed by atoms with E-state index in [1.54, 1.807) is 0 Å². The molecule has 8 heteroatoms. The Balaban J connectivity index is 2.19. The molecule has 1 aliphatic heterocycles. The molecule has 2 rings (SSSR count). The molecule has 0 aliphatic carbocycles. The molecule has 94 valence electrons. The van der Waals surface area contributed by atoms with E-state index in [1.807, 2.05) is 0 Å². The van der Waals surface area contributed by atoms with E-state index in [0.29, 0.717) is 18.1 Å². The number of carbonyl (C=O) groups excluding carboxylic acids is 1. The summed E-state index contributed by atoms with van der Waals surface area (Å²) in [6.07, 6.45) is -3.75. The Morgan fingerprint density at radius 2 is 2.29 bits per heavy atom. The van der Waals surface area contributed by atoms with E-state index < -0.39 is 11.9 Å². The van der Waals surface area contributed by atoms with E-state index in [4.69, 9.17) is 4.42 Å². The van der Waals surface area contributed by atoms with Gasteiger partial charge in [-0.25, -0.2) is 0 Å². The second-order valence-corrected chi connectivity index (χ2v) is 4.39. The number of alkyl halides is 4. The summed E-state index contributed by atoms with van der Waals surface area (Å²) in [5, 5.41) is 0.613. The maximum atomic E-state index is 12.3. The first-order valence-electron chi connectivity index (χ1n) is 4.81. The average molecular weight is 313 g/mol. The Hall–Kier alpha value is -1.05. The molecule has 0 radical (unpaired) electrons. The molecule has 1 unspecified atom stereocenters. The van der Waals surface area contributed by atoms with E-state index in [9.17, 15) is 18.0 Å². The zero-order chi connectivity index (χ0) is 12.6. The van der Waals surface area contributed by atoms with Gasteiger partial charge < -0.3 is 4.42 Å². The van der Waals surface area contributed by atoms with E-state index >= 15 is 0 Å². The number of oxazole rings is 1. The number of hydrogen-bond acceptors (Lipinski definition) is 3. The molecule has 0 bridgehead atoms. The lowest BCUT2D eigenvalue weighted by Gasteiger charge is -2.10. The van der Waals surface area contributed by atoms with Gasteiger partial charge in [0.25, 0.3) is 0 Å². The molecule has 1 atom stereocenters. The maximum Gasteiger partial charge on any atom is 0.436 e. The highest BCUT2D eigenvalue weighted by molar-refractivity contribution is 9.09. The highest BCUT2D eigenvalue weighted by Gasteiger charge is 2.38. The third-order valence-electron chi connectivity index (χ3n) is 2.44. The third-order valence-corrected chi connectivity index (χ3v) is 3.35. The van der Waals surface area contributed by atoms with Crippen molar-refractivity contribution < 1.29 is 22.4 Å². The number of amides is 1. The lowest BCUT2D eigenvalue weighted by Crippen LogP contribution is -2.25. The van der Waals surface area contributed by atoms with Crippen LogP contribution < -0.4 is 4.90 Å². The molecule has 1 saturated heterocycles. The molecular formula is C9H8BrF3N2O2. The molecule has 1 fully saturated rings. The van der Waals surface area contributed by atoms with Crippen molar-refractivity contribution in [3.8, 4) is 0 Å². The predicted octanol–water partition coefficient (Wildman–Crippen LogP) is 2.44. The van der Waals surface area contributed by atoms with Gasteiger partial charge in [0.15, 0.2) is 5.69 Å². The minimum atomic E-state index is -4.56. The fraction of sp³-hybridized carbons (Fsp3) is 0.556. The summed E-state index contributed by atoms with van der Waals surface area (Å²) in [6.45, 7) is 0.321. The first-order chi connectivity index (χ1) is 7.91. The standard InChI is InChI=1S/C9H8BrF3N2O2/c10-2-5-1-7(16)15(3-5)8-14-6(4-17-8)9(11,12)13/h4-5H,1-3H2. The molecular weight excluding hydrogens is 305 g/mol. The van der Waals surface area contributed by atoms with Crippen molar-refractivity contribution in [1.29, 1.82) is 0 Å². The molecule has 0 aromatic carbocycles. The van der Waals surface area contributed by atoms with Gasteiger partial charge in [0.05, 0.1) is 0 Å². The topological polar surface area (TPSA) is 46.3 Å². The van der Waals surface area contributed by atoms with Crippen molar-refractivity contribution in [3.05, 3.63) is 12.0 Å². The van der Waals surface area contributed by atoms with E-state index in [1.165, 1.54) is 0 Å². The Morgan fingerprint density at radius 3 is 2.76 bits per heavy atom. The zero-order valence-corrected chi connectivity index (χ0v) is 10.1. The van der Waals surface area contributed by atoms with Crippen LogP contribution in [0.5, 0.6) is 0 Å². The molecule has 2 heterocycles. The molecule has 0 spiro atoms. The van der Waals surface area contributed by atoms with Crippen LogP contribution >= 0.6 is 15.9 Å². The van der Waals surface area contributed by atoms with Crippen LogP contribution in [-0.4, -0.2) is 22.8 Å². The number of hydrogen-bond donors (Lipinski definition) is 0. The summed E-state index contributed by atoms with van der Waals surface area (Å²) in [7, 11) is 0. The summed E-state index contributed by atoms with van der Waals surface area (Å²) in [4.78, 5) is 15.9. The van der Waals surface area contributed by atoms with Crippen LogP contribution in [-0.2, 0) is 11.0 Å². The maximum absolute atomic E-state index is 12.3. The average Bonchev–Trinajstić information content (AvgIpc) is 2.82. The zero-order valence-electron chi connectivity index (χ0n) is 8.50. The van der Waals surface area contributed by atoms with Gasteiger partial charge in [-0.3, -0.25) is 9.69 Å². The highest BCUT2D eigenvalue weighted by Crippen LogP contribution is 2.32. The second-order valence-electron chi connectivity index (χ2n) is 3.74. The summed E-state index contributed by atoms with van der Waals surface area (Å²) in [5.41, 5.74) is -1.12. The number of rotatable bonds is 2. The normalized spacial score (nSPS) is 21.3. The van der Waals surface area contributed by atoms with Gasteiger partial charge in [0.2, 0.25) is 5.91 Å². The summed E-state index contributed by atoms with van der Waals surface area (Å²) in [5.74, 6) is -0.200. The molecule has 4 nitrogen and oxygen atoms in total. The molecule has 1 aliphatic rings. The van der Waals surface area contributed by atoms with Gasteiger partial charge in [-0.15, -0.1) is 0 Å². The van der Waals surface area contributed by atoms with Gasteiger partial charge in [-0.1, -0.05) is 15.9 Å². The molecule has 0 saturated carbocycles. The Morgan fingerprint density at radius 1 is 1.59 bits per heavy atom. The first-order valence-corrected chi connectivity index (χ1v) is 5.93. The van der Waals surface area contributed by atoms with Crippen LogP contribution in [0.4, 0.5) is 19.2 Å². The van der Waals surface area contributed by atoms with Crippen molar-refractivity contribution in [2.45, 2.75) is 12.6 Å². The van der Waals surface area contributed by atoms with Gasteiger partial charge in [0.1, 0.15) is 6.26 Å². The lowest BCUT2D eigenvalue weighted by atomic mass is 10.2. The molecule has 0 N–H and O–H groups in total. The monoisotopic (exact) mass is 312 g/mol. The Kier molecular flexibility index (Phi) is 3.15. The van der Waals surface area contributed by atoms with Gasteiger partial charge in [-0.05, 0) is 5.92 Å². The van der Waals surface area contributed by atoms with Crippen molar-refractivity contribution in [2.24, 2.45) is 5.92 Å². The Labute approximate surface area is 103 Å². The van der Waals surface area contributed by atoms with Crippen LogP contribution in [0.1, 0.15) is 12.1 Å². The molecule has 1 aromatic rings. The minimum Gasteiger partial charge on any atom is -0.431 e. The number of anilines is 1. The van der Waals surface area contributed by atoms with Crippen molar-refractivity contribution in [2.75, 3.05) is 16.8 Å². The smallest absolute Gasteiger partial charge is 0.431 e. The van der Waals surface area contributed by atoms with Gasteiger partial charge >= 0.3 is 12.2 Å². The lowest BCUT2D eigenvalue weighted by molar-refractivity contribution is -0.141. The summed E-state index contributed by atoms with van der Waals surface area (Å²) >= 11 is 3.23. The van der Waals surface area contributed by atoms with Gasteiger partial charge in [-0.2, -0.15) is 18.2 Å². The van der Waals surface area contributed by atoms with E-state index in [2.05, 4.69) is 20.9 Å². The summed E-state index contributed by atoms with van der Waals surface area (Å²) < 4.78 is 41.6. The minimum absolute atomic E-state index is 0.0729. The summed E-state index contributed by atoms with van der Waals surface area (Å²) in [6, 6.07) is -0.286. The van der Waals surface area contributed by atoms with Crippen LogP contribution in [0.25, 0.3) is 0 Å². The quantitative estimate of drug-likeness (QED) is 0.788. The number of nitrogens with zero attached hydrogens (tertiary/aromatic N) is 2. The fourth-order valence-electron chi connectivity index (χ4n) is 1.59. The fourth-order valence-corrected chi connectivity index (χ4v) is 2.02. The van der Waals surface area contributed by atoms with E-state index in [-0.39, 0.29) is 24.3 Å². The molecule has 1 aromatic heterocycles. The highest BCUT2D eigenvalue weighted by atomic mass is 79.9. The molecule has 1 amide bonds. The SMILES string of the molecule is O=C1CC(CBr)CN1c1nc(C(F)(F)F)co1. The van der Waals surface area contributed by atoms with Crippen LogP contribution in [0.3, 0.4) is 0 Å². The number of carbonyl (C=O) groups is 1. The predicted molar refractivity (Wildman–Crippen MR) is 55.8 cm³/mol. The van der Waals surface area contributed by atoms with Crippen molar-refractivity contribution in [1.82, 2.24) is 4.98 Å². The van der Waals surface area contributed by atoms with Crippen molar-refractivity contribution in [3.63, 3.8) is 0 Å². The van der Waals surface area contributed by atoms with Crippen LogP contribution in [0.2, 0.25) is 0 Å². The first kappa shape index (κ1) is 12.4. The molecule has 17 heavy (non-hydrogen) atoms. The van der Waals surface area contributed by atoms with E-state index in [0.717, 1.165) is 4.90 Å². The third kappa shape index (κ3) is 2.46. The second kappa shape index (κ2) is 4.32. The number of halogens is 4. The van der Waals surface area contributed by atoms with Crippen molar-refractivity contribution >= 4 is 27.9 Å². The van der Waals surface area contributed by atoms with Crippen LogP contribution in [0.15, 0.2) is 10.7 Å². The Bertz CT molecular complexity index is 432. The van der Waals surface area contributed by atoms with Gasteiger partial charge in [0, 0.05) is 18.3 Å².